The summed E-state index contributed by atoms with van der Waals surface area (Å²) in [6, 6.07) is 3.50. The van der Waals surface area contributed by atoms with E-state index in [1.807, 2.05) is 0 Å². The van der Waals surface area contributed by atoms with Crippen molar-refractivity contribution in [2.45, 2.75) is 18.9 Å². The number of carbonyl (C=O) groups excluding carboxylic acids is 1. The Morgan fingerprint density at radius 1 is 1.26 bits per heavy atom. The maximum atomic E-state index is 12.3. The number of methoxy groups -OCH3 is 1. The van der Waals surface area contributed by atoms with Gasteiger partial charge >= 0.3 is 0 Å². The highest BCUT2D eigenvalue weighted by molar-refractivity contribution is 5.92. The van der Waals surface area contributed by atoms with Crippen LogP contribution in [-0.4, -0.2) is 47.1 Å². The van der Waals surface area contributed by atoms with Crippen LogP contribution in [0.15, 0.2) is 36.9 Å². The van der Waals surface area contributed by atoms with E-state index in [1.54, 1.807) is 44.0 Å². The highest BCUT2D eigenvalue weighted by Gasteiger charge is 2.22. The Hall–Kier alpha value is -2.70. The maximum Gasteiger partial charge on any atom is 0.270 e. The molecule has 1 saturated heterocycles. The van der Waals surface area contributed by atoms with Crippen molar-refractivity contribution in [3.8, 4) is 5.75 Å². The number of pyridine rings is 1. The molecule has 2 aromatic rings. The Morgan fingerprint density at radius 3 is 2.78 bits per heavy atom. The van der Waals surface area contributed by atoms with Gasteiger partial charge in [0.2, 0.25) is 0 Å². The molecule has 1 fully saturated rings. The second kappa shape index (κ2) is 7.04. The average molecular weight is 313 g/mol. The van der Waals surface area contributed by atoms with E-state index < -0.39 is 0 Å². The minimum atomic E-state index is -0.165. The van der Waals surface area contributed by atoms with Crippen LogP contribution in [-0.2, 0) is 0 Å². The van der Waals surface area contributed by atoms with Crippen molar-refractivity contribution >= 4 is 11.7 Å². The summed E-state index contributed by atoms with van der Waals surface area (Å²) in [4.78, 5) is 26.9. The van der Waals surface area contributed by atoms with Crippen LogP contribution in [0.5, 0.6) is 5.75 Å². The lowest BCUT2D eigenvalue weighted by Gasteiger charge is -2.32. The number of hydrogen-bond donors (Lipinski definition) is 1. The van der Waals surface area contributed by atoms with E-state index in [2.05, 4.69) is 25.2 Å². The minimum absolute atomic E-state index is 0.142. The van der Waals surface area contributed by atoms with Gasteiger partial charge in [-0.3, -0.25) is 14.8 Å². The van der Waals surface area contributed by atoms with E-state index >= 15 is 0 Å². The molecule has 0 radical (unpaired) electrons. The summed E-state index contributed by atoms with van der Waals surface area (Å²) in [6.45, 7) is 1.68. The standard InChI is InChI=1S/C16H19N5O2/c1-23-13-2-5-18-14(10-13)16(22)20-12-3-8-21(9-4-12)15-11-17-6-7-19-15/h2,5-7,10-12H,3-4,8-9H2,1H3,(H,20,22). The van der Waals surface area contributed by atoms with Gasteiger partial charge in [0.1, 0.15) is 17.3 Å². The Bertz CT molecular complexity index is 657. The Morgan fingerprint density at radius 2 is 2.09 bits per heavy atom. The second-order valence-electron chi connectivity index (χ2n) is 5.38. The van der Waals surface area contributed by atoms with Gasteiger partial charge in [0, 0.05) is 43.8 Å². The Balaban J connectivity index is 1.55. The lowest BCUT2D eigenvalue weighted by molar-refractivity contribution is 0.0925. The zero-order valence-electron chi connectivity index (χ0n) is 13.0. The average Bonchev–Trinajstić information content (AvgIpc) is 2.63. The van der Waals surface area contributed by atoms with Crippen LogP contribution >= 0.6 is 0 Å². The molecule has 1 aliphatic rings. The van der Waals surface area contributed by atoms with Gasteiger partial charge in [0.15, 0.2) is 0 Å². The van der Waals surface area contributed by atoms with Crippen LogP contribution in [0.1, 0.15) is 23.3 Å². The molecule has 3 heterocycles. The van der Waals surface area contributed by atoms with E-state index in [-0.39, 0.29) is 11.9 Å². The van der Waals surface area contributed by atoms with E-state index in [0.29, 0.717) is 11.4 Å². The molecule has 0 aromatic carbocycles. The van der Waals surface area contributed by atoms with E-state index in [0.717, 1.165) is 31.7 Å². The quantitative estimate of drug-likeness (QED) is 0.916. The molecular weight excluding hydrogens is 294 g/mol. The number of anilines is 1. The largest absolute Gasteiger partial charge is 0.497 e. The van der Waals surface area contributed by atoms with Crippen molar-refractivity contribution < 1.29 is 9.53 Å². The van der Waals surface area contributed by atoms with Crippen molar-refractivity contribution in [2.24, 2.45) is 0 Å². The number of amides is 1. The SMILES string of the molecule is COc1ccnc(C(=O)NC2CCN(c3cnccn3)CC2)c1. The van der Waals surface area contributed by atoms with Crippen LogP contribution in [0.25, 0.3) is 0 Å². The molecule has 120 valence electrons. The van der Waals surface area contributed by atoms with Crippen LogP contribution < -0.4 is 15.0 Å². The van der Waals surface area contributed by atoms with Crippen molar-refractivity contribution in [3.63, 3.8) is 0 Å². The predicted octanol–water partition coefficient (Wildman–Crippen LogP) is 1.28. The molecule has 3 rings (SSSR count). The lowest BCUT2D eigenvalue weighted by Crippen LogP contribution is -2.45. The third-order valence-corrected chi connectivity index (χ3v) is 3.90. The number of ether oxygens (including phenoxy) is 1. The number of nitrogens with zero attached hydrogens (tertiary/aromatic N) is 4. The van der Waals surface area contributed by atoms with Crippen LogP contribution in [0.3, 0.4) is 0 Å². The van der Waals surface area contributed by atoms with Crippen LogP contribution in [0.4, 0.5) is 5.82 Å². The minimum Gasteiger partial charge on any atom is -0.497 e. The molecule has 0 spiro atoms. The molecular formula is C16H19N5O2. The zero-order valence-corrected chi connectivity index (χ0v) is 13.0. The Labute approximate surface area is 134 Å². The summed E-state index contributed by atoms with van der Waals surface area (Å²) in [7, 11) is 1.57. The number of nitrogens with one attached hydrogen (secondary N) is 1. The van der Waals surface area contributed by atoms with Crippen LogP contribution in [0.2, 0.25) is 0 Å². The first-order valence-electron chi connectivity index (χ1n) is 7.58. The third-order valence-electron chi connectivity index (χ3n) is 3.90. The number of rotatable bonds is 4. The van der Waals surface area contributed by atoms with Crippen molar-refractivity contribution in [3.05, 3.63) is 42.6 Å². The summed E-state index contributed by atoms with van der Waals surface area (Å²) < 4.78 is 5.12. The zero-order chi connectivity index (χ0) is 16.1. The molecule has 23 heavy (non-hydrogen) atoms. The first-order chi connectivity index (χ1) is 11.3. The number of aromatic nitrogens is 3. The fourth-order valence-electron chi connectivity index (χ4n) is 2.63. The first kappa shape index (κ1) is 15.2. The topological polar surface area (TPSA) is 80.2 Å². The monoisotopic (exact) mass is 313 g/mol. The van der Waals surface area contributed by atoms with E-state index in [1.165, 1.54) is 0 Å². The summed E-state index contributed by atoms with van der Waals surface area (Å²) >= 11 is 0. The van der Waals surface area contributed by atoms with Gasteiger partial charge in [-0.2, -0.15) is 0 Å². The number of carbonyl (C=O) groups is 1. The number of hydrogen-bond acceptors (Lipinski definition) is 6. The van der Waals surface area contributed by atoms with Gasteiger partial charge in [-0.25, -0.2) is 4.98 Å². The summed E-state index contributed by atoms with van der Waals surface area (Å²) in [5.41, 5.74) is 0.376. The molecule has 7 heteroatoms. The van der Waals surface area contributed by atoms with Crippen LogP contribution in [0, 0.1) is 0 Å². The normalized spacial score (nSPS) is 15.3. The van der Waals surface area contributed by atoms with E-state index in [4.69, 9.17) is 4.74 Å². The van der Waals surface area contributed by atoms with Gasteiger partial charge in [-0.15, -0.1) is 0 Å². The van der Waals surface area contributed by atoms with Gasteiger partial charge in [0.25, 0.3) is 5.91 Å². The predicted molar refractivity (Wildman–Crippen MR) is 85.5 cm³/mol. The molecule has 1 N–H and O–H groups in total. The number of piperidine rings is 1. The van der Waals surface area contributed by atoms with Gasteiger partial charge in [-0.1, -0.05) is 0 Å². The van der Waals surface area contributed by atoms with E-state index in [9.17, 15) is 4.79 Å². The lowest BCUT2D eigenvalue weighted by atomic mass is 10.0. The molecule has 0 aliphatic carbocycles. The molecule has 0 atom stereocenters. The third kappa shape index (κ3) is 3.74. The first-order valence-corrected chi connectivity index (χ1v) is 7.58. The summed E-state index contributed by atoms with van der Waals surface area (Å²) in [5, 5.41) is 3.04. The van der Waals surface area contributed by atoms with Gasteiger partial charge in [0.05, 0.1) is 13.3 Å². The molecule has 7 nitrogen and oxygen atoms in total. The summed E-state index contributed by atoms with van der Waals surface area (Å²) in [6.07, 6.45) is 8.43. The molecule has 1 amide bonds. The van der Waals surface area contributed by atoms with Gasteiger partial charge in [-0.05, 0) is 18.9 Å². The van der Waals surface area contributed by atoms with Gasteiger partial charge < -0.3 is 15.0 Å². The fourth-order valence-corrected chi connectivity index (χ4v) is 2.63. The second-order valence-corrected chi connectivity index (χ2v) is 5.38. The fraction of sp³-hybridized carbons (Fsp3) is 0.375. The highest BCUT2D eigenvalue weighted by atomic mass is 16.5. The van der Waals surface area contributed by atoms with Crippen molar-refractivity contribution in [1.29, 1.82) is 0 Å². The molecule has 1 aliphatic heterocycles. The highest BCUT2D eigenvalue weighted by Crippen LogP contribution is 2.17. The van der Waals surface area contributed by atoms with Crippen molar-refractivity contribution in [2.75, 3.05) is 25.1 Å². The molecule has 0 bridgehead atoms. The summed E-state index contributed by atoms with van der Waals surface area (Å²) in [5.74, 6) is 1.34. The maximum absolute atomic E-state index is 12.3. The Kier molecular flexibility index (Phi) is 4.65. The molecule has 0 saturated carbocycles. The molecule has 0 unspecified atom stereocenters. The smallest absolute Gasteiger partial charge is 0.270 e. The molecule has 2 aromatic heterocycles. The van der Waals surface area contributed by atoms with Crippen molar-refractivity contribution in [1.82, 2.24) is 20.3 Å².